The van der Waals surface area contributed by atoms with Crippen molar-refractivity contribution in [1.29, 1.82) is 0 Å². The molecule has 2 rings (SSSR count). The molecule has 0 aliphatic rings. The number of phenols is 1. The fourth-order valence-corrected chi connectivity index (χ4v) is 2.31. The third-order valence-corrected chi connectivity index (χ3v) is 3.56. The number of amides is 2. The maximum Gasteiger partial charge on any atom is 0.255 e. The normalized spacial score (nSPS) is 10.1. The molecule has 0 saturated carbocycles. The molecule has 0 spiro atoms. The SMILES string of the molecule is CCOc1ccc(NC(=O)CNC(=O)c2ccc(Br)cc2O)cc1. The highest BCUT2D eigenvalue weighted by atomic mass is 79.9. The summed E-state index contributed by atoms with van der Waals surface area (Å²) in [6, 6.07) is 11.4. The Kier molecular flexibility index (Phi) is 6.20. The van der Waals surface area contributed by atoms with Crippen LogP contribution in [0.25, 0.3) is 0 Å². The van der Waals surface area contributed by atoms with Gasteiger partial charge < -0.3 is 20.5 Å². The van der Waals surface area contributed by atoms with Gasteiger partial charge in [0.05, 0.1) is 18.7 Å². The van der Waals surface area contributed by atoms with Crippen molar-refractivity contribution in [2.24, 2.45) is 0 Å². The molecule has 0 heterocycles. The Morgan fingerprint density at radius 1 is 1.17 bits per heavy atom. The van der Waals surface area contributed by atoms with Gasteiger partial charge >= 0.3 is 0 Å². The lowest BCUT2D eigenvalue weighted by molar-refractivity contribution is -0.115. The third-order valence-electron chi connectivity index (χ3n) is 3.06. The van der Waals surface area contributed by atoms with Crippen molar-refractivity contribution < 1.29 is 19.4 Å². The van der Waals surface area contributed by atoms with Gasteiger partial charge in [-0.15, -0.1) is 0 Å². The van der Waals surface area contributed by atoms with Gasteiger partial charge in [0, 0.05) is 10.2 Å². The van der Waals surface area contributed by atoms with Crippen LogP contribution in [0.1, 0.15) is 17.3 Å². The summed E-state index contributed by atoms with van der Waals surface area (Å²) in [6.07, 6.45) is 0. The summed E-state index contributed by atoms with van der Waals surface area (Å²) in [5.41, 5.74) is 0.705. The molecule has 7 heteroatoms. The van der Waals surface area contributed by atoms with Crippen LogP contribution in [0.3, 0.4) is 0 Å². The monoisotopic (exact) mass is 392 g/mol. The Bertz CT molecular complexity index is 732. The molecule has 2 aromatic rings. The zero-order valence-electron chi connectivity index (χ0n) is 13.0. The van der Waals surface area contributed by atoms with Crippen LogP contribution in [0.15, 0.2) is 46.9 Å². The maximum absolute atomic E-state index is 12.0. The van der Waals surface area contributed by atoms with E-state index in [1.807, 2.05) is 6.92 Å². The van der Waals surface area contributed by atoms with Gasteiger partial charge in [0.2, 0.25) is 5.91 Å². The van der Waals surface area contributed by atoms with Crippen molar-refractivity contribution in [2.75, 3.05) is 18.5 Å². The second-order valence-electron chi connectivity index (χ2n) is 4.85. The summed E-state index contributed by atoms with van der Waals surface area (Å²) in [4.78, 5) is 23.8. The highest BCUT2D eigenvalue weighted by molar-refractivity contribution is 9.10. The van der Waals surface area contributed by atoms with Crippen LogP contribution in [0, 0.1) is 0 Å². The van der Waals surface area contributed by atoms with E-state index in [1.165, 1.54) is 12.1 Å². The number of hydrogen-bond acceptors (Lipinski definition) is 4. The Morgan fingerprint density at radius 3 is 2.50 bits per heavy atom. The lowest BCUT2D eigenvalue weighted by Gasteiger charge is -2.09. The number of hydrogen-bond donors (Lipinski definition) is 3. The molecule has 126 valence electrons. The predicted molar refractivity (Wildman–Crippen MR) is 94.4 cm³/mol. The number of benzene rings is 2. The Balaban J connectivity index is 1.87. The van der Waals surface area contributed by atoms with Crippen LogP contribution in [0.5, 0.6) is 11.5 Å². The first-order valence-corrected chi connectivity index (χ1v) is 8.08. The minimum Gasteiger partial charge on any atom is -0.507 e. The smallest absolute Gasteiger partial charge is 0.255 e. The molecular formula is C17H17BrN2O4. The standard InChI is InChI=1S/C17H17BrN2O4/c1-2-24-13-6-4-12(5-7-13)20-16(22)10-19-17(23)14-8-3-11(18)9-15(14)21/h3-9,21H,2,10H2,1H3,(H,19,23)(H,20,22). The molecule has 0 aromatic heterocycles. The molecule has 6 nitrogen and oxygen atoms in total. The molecule has 3 N–H and O–H groups in total. The summed E-state index contributed by atoms with van der Waals surface area (Å²) in [6.45, 7) is 2.25. The summed E-state index contributed by atoms with van der Waals surface area (Å²) in [5.74, 6) is -0.339. The van der Waals surface area contributed by atoms with E-state index in [9.17, 15) is 14.7 Å². The summed E-state index contributed by atoms with van der Waals surface area (Å²) < 4.78 is 5.97. The van der Waals surface area contributed by atoms with Crippen molar-refractivity contribution >= 4 is 33.4 Å². The number of phenolic OH excluding ortho intramolecular Hbond substituents is 1. The molecule has 2 aromatic carbocycles. The summed E-state index contributed by atoms with van der Waals surface area (Å²) in [7, 11) is 0. The number of anilines is 1. The van der Waals surface area contributed by atoms with E-state index in [-0.39, 0.29) is 23.8 Å². The molecule has 0 aliphatic carbocycles. The largest absolute Gasteiger partial charge is 0.507 e. The minimum atomic E-state index is -0.526. The number of aromatic hydroxyl groups is 1. The van der Waals surface area contributed by atoms with E-state index in [0.29, 0.717) is 16.8 Å². The first-order chi connectivity index (χ1) is 11.5. The molecule has 0 aliphatic heterocycles. The van der Waals surface area contributed by atoms with Gasteiger partial charge in [-0.3, -0.25) is 9.59 Å². The topological polar surface area (TPSA) is 87.7 Å². The lowest BCUT2D eigenvalue weighted by atomic mass is 10.2. The van der Waals surface area contributed by atoms with Gasteiger partial charge in [0.15, 0.2) is 0 Å². The van der Waals surface area contributed by atoms with Gasteiger partial charge in [-0.25, -0.2) is 0 Å². The molecule has 2 amide bonds. The van der Waals surface area contributed by atoms with E-state index in [1.54, 1.807) is 30.3 Å². The summed E-state index contributed by atoms with van der Waals surface area (Å²) >= 11 is 3.19. The summed E-state index contributed by atoms with van der Waals surface area (Å²) in [5, 5.41) is 14.9. The van der Waals surface area contributed by atoms with Crippen molar-refractivity contribution in [1.82, 2.24) is 5.32 Å². The average molecular weight is 393 g/mol. The molecular weight excluding hydrogens is 376 g/mol. The first-order valence-electron chi connectivity index (χ1n) is 7.29. The van der Waals surface area contributed by atoms with Crippen molar-refractivity contribution in [2.45, 2.75) is 6.92 Å². The van der Waals surface area contributed by atoms with E-state index in [2.05, 4.69) is 26.6 Å². The van der Waals surface area contributed by atoms with Crippen molar-refractivity contribution in [3.8, 4) is 11.5 Å². The van der Waals surface area contributed by atoms with Gasteiger partial charge in [0.1, 0.15) is 11.5 Å². The number of carbonyl (C=O) groups is 2. The van der Waals surface area contributed by atoms with Crippen LogP contribution in [0.4, 0.5) is 5.69 Å². The fourth-order valence-electron chi connectivity index (χ4n) is 1.96. The lowest BCUT2D eigenvalue weighted by Crippen LogP contribution is -2.32. The van der Waals surface area contributed by atoms with E-state index in [4.69, 9.17) is 4.74 Å². The average Bonchev–Trinajstić information content (AvgIpc) is 2.55. The zero-order valence-corrected chi connectivity index (χ0v) is 14.6. The van der Waals surface area contributed by atoms with E-state index < -0.39 is 5.91 Å². The predicted octanol–water partition coefficient (Wildman–Crippen LogP) is 2.92. The quantitative estimate of drug-likeness (QED) is 0.704. The van der Waals surface area contributed by atoms with Crippen molar-refractivity contribution in [3.05, 3.63) is 52.5 Å². The van der Waals surface area contributed by atoms with Crippen LogP contribution < -0.4 is 15.4 Å². The van der Waals surface area contributed by atoms with Crippen LogP contribution in [-0.4, -0.2) is 30.1 Å². The number of ether oxygens (including phenoxy) is 1. The Hall–Kier alpha value is -2.54. The zero-order chi connectivity index (χ0) is 17.5. The molecule has 0 bridgehead atoms. The van der Waals surface area contributed by atoms with E-state index in [0.717, 1.165) is 5.75 Å². The second kappa shape index (κ2) is 8.35. The Morgan fingerprint density at radius 2 is 1.88 bits per heavy atom. The third kappa shape index (κ3) is 4.99. The highest BCUT2D eigenvalue weighted by Gasteiger charge is 2.12. The number of carbonyl (C=O) groups excluding carboxylic acids is 2. The number of nitrogens with one attached hydrogen (secondary N) is 2. The number of halogens is 1. The van der Waals surface area contributed by atoms with Gasteiger partial charge in [-0.05, 0) is 49.4 Å². The van der Waals surface area contributed by atoms with Crippen molar-refractivity contribution in [3.63, 3.8) is 0 Å². The molecule has 0 atom stereocenters. The molecule has 0 radical (unpaired) electrons. The molecule has 0 unspecified atom stereocenters. The minimum absolute atomic E-state index is 0.104. The maximum atomic E-state index is 12.0. The fraction of sp³-hybridized carbons (Fsp3) is 0.176. The van der Waals surface area contributed by atoms with E-state index >= 15 is 0 Å². The number of rotatable bonds is 6. The highest BCUT2D eigenvalue weighted by Crippen LogP contribution is 2.22. The van der Waals surface area contributed by atoms with Gasteiger partial charge in [-0.2, -0.15) is 0 Å². The second-order valence-corrected chi connectivity index (χ2v) is 5.77. The van der Waals surface area contributed by atoms with Crippen LogP contribution >= 0.6 is 15.9 Å². The first kappa shape index (κ1) is 17.8. The van der Waals surface area contributed by atoms with Crippen LogP contribution in [-0.2, 0) is 4.79 Å². The molecule has 24 heavy (non-hydrogen) atoms. The molecule has 0 fully saturated rings. The van der Waals surface area contributed by atoms with Gasteiger partial charge in [-0.1, -0.05) is 15.9 Å². The Labute approximate surface area is 148 Å². The van der Waals surface area contributed by atoms with Crippen LogP contribution in [0.2, 0.25) is 0 Å². The molecule has 0 saturated heterocycles. The van der Waals surface area contributed by atoms with Gasteiger partial charge in [0.25, 0.3) is 5.91 Å².